The van der Waals surface area contributed by atoms with E-state index in [4.69, 9.17) is 14.5 Å². The van der Waals surface area contributed by atoms with Crippen molar-refractivity contribution in [2.24, 2.45) is 0 Å². The van der Waals surface area contributed by atoms with Gasteiger partial charge in [0.05, 0.1) is 24.8 Å². The Morgan fingerprint density at radius 2 is 1.88 bits per heavy atom. The Morgan fingerprint density at radius 3 is 2.56 bits per heavy atom. The molecule has 2 heterocycles. The van der Waals surface area contributed by atoms with Crippen molar-refractivity contribution in [1.29, 1.82) is 0 Å². The number of hydrogen-bond acceptors (Lipinski definition) is 6. The van der Waals surface area contributed by atoms with Crippen LogP contribution < -0.4 is 15.0 Å². The SMILES string of the molecule is COC(=O)c1ccc(C2(Nc3nccc4c3N(Cc3ccc(C)cc3)CCO4)CC2)cc1. The number of rotatable bonds is 6. The molecule has 1 saturated carbocycles. The van der Waals surface area contributed by atoms with Crippen LogP contribution in [0, 0.1) is 6.92 Å². The minimum Gasteiger partial charge on any atom is -0.489 e. The van der Waals surface area contributed by atoms with Crippen LogP contribution in [0.2, 0.25) is 0 Å². The number of anilines is 2. The second-order valence-corrected chi connectivity index (χ2v) is 8.54. The van der Waals surface area contributed by atoms with E-state index in [2.05, 4.69) is 41.4 Å². The first kappa shape index (κ1) is 20.4. The number of esters is 1. The van der Waals surface area contributed by atoms with Crippen LogP contribution in [0.1, 0.15) is 39.9 Å². The van der Waals surface area contributed by atoms with Gasteiger partial charge in [-0.05, 0) is 43.0 Å². The number of nitrogens with one attached hydrogen (secondary N) is 1. The number of fused-ring (bicyclic) bond motifs is 1. The van der Waals surface area contributed by atoms with Gasteiger partial charge in [0.1, 0.15) is 18.0 Å². The number of nitrogens with zero attached hydrogens (tertiary/aromatic N) is 2. The van der Waals surface area contributed by atoms with Gasteiger partial charge in [0.2, 0.25) is 0 Å². The molecule has 3 aromatic rings. The monoisotopic (exact) mass is 429 g/mol. The first-order chi connectivity index (χ1) is 15.6. The summed E-state index contributed by atoms with van der Waals surface area (Å²) >= 11 is 0. The predicted octanol–water partition coefficient (Wildman–Crippen LogP) is 4.68. The van der Waals surface area contributed by atoms with Crippen LogP contribution in [0.15, 0.2) is 60.8 Å². The molecule has 6 nitrogen and oxygen atoms in total. The summed E-state index contributed by atoms with van der Waals surface area (Å²) in [6.45, 7) is 4.37. The van der Waals surface area contributed by atoms with E-state index in [0.717, 1.165) is 48.7 Å². The van der Waals surface area contributed by atoms with Crippen molar-refractivity contribution in [2.45, 2.75) is 31.8 Å². The highest BCUT2D eigenvalue weighted by atomic mass is 16.5. The van der Waals surface area contributed by atoms with Gasteiger partial charge in [0.15, 0.2) is 5.82 Å². The van der Waals surface area contributed by atoms with Gasteiger partial charge in [0, 0.05) is 18.8 Å². The molecule has 1 N–H and O–H groups in total. The van der Waals surface area contributed by atoms with Gasteiger partial charge in [-0.1, -0.05) is 42.0 Å². The Labute approximate surface area is 188 Å². The zero-order valence-corrected chi connectivity index (χ0v) is 18.4. The van der Waals surface area contributed by atoms with E-state index in [1.807, 2.05) is 30.3 Å². The van der Waals surface area contributed by atoms with Crippen LogP contribution in [-0.2, 0) is 16.8 Å². The fourth-order valence-electron chi connectivity index (χ4n) is 4.28. The molecule has 0 unspecified atom stereocenters. The van der Waals surface area contributed by atoms with Crippen molar-refractivity contribution in [3.05, 3.63) is 83.0 Å². The summed E-state index contributed by atoms with van der Waals surface area (Å²) < 4.78 is 10.8. The van der Waals surface area contributed by atoms with E-state index in [9.17, 15) is 4.79 Å². The Hall–Kier alpha value is -3.54. The molecule has 0 spiro atoms. The van der Waals surface area contributed by atoms with Crippen LogP contribution in [0.4, 0.5) is 11.5 Å². The van der Waals surface area contributed by atoms with Gasteiger partial charge < -0.3 is 19.7 Å². The number of aromatic nitrogens is 1. The molecule has 1 fully saturated rings. The normalized spacial score (nSPS) is 16.0. The average Bonchev–Trinajstić information content (AvgIpc) is 3.61. The Morgan fingerprint density at radius 1 is 1.12 bits per heavy atom. The lowest BCUT2D eigenvalue weighted by molar-refractivity contribution is 0.0600. The minimum atomic E-state index is -0.322. The molecule has 6 heteroatoms. The molecule has 0 amide bonds. The smallest absolute Gasteiger partial charge is 0.337 e. The minimum absolute atomic E-state index is 0.177. The van der Waals surface area contributed by atoms with Crippen LogP contribution in [0.25, 0.3) is 0 Å². The molecule has 1 aliphatic carbocycles. The number of carbonyl (C=O) groups is 1. The lowest BCUT2D eigenvalue weighted by Crippen LogP contribution is -2.34. The predicted molar refractivity (Wildman–Crippen MR) is 124 cm³/mol. The molecule has 5 rings (SSSR count). The molecule has 32 heavy (non-hydrogen) atoms. The second kappa shape index (κ2) is 8.19. The number of carbonyl (C=O) groups excluding carboxylic acids is 1. The van der Waals surface area contributed by atoms with Crippen molar-refractivity contribution in [2.75, 3.05) is 30.5 Å². The summed E-state index contributed by atoms with van der Waals surface area (Å²) in [4.78, 5) is 18.8. The van der Waals surface area contributed by atoms with Gasteiger partial charge in [-0.15, -0.1) is 0 Å². The number of pyridine rings is 1. The highest BCUT2D eigenvalue weighted by Crippen LogP contribution is 2.50. The summed E-state index contributed by atoms with van der Waals surface area (Å²) in [6, 6.07) is 18.2. The van der Waals surface area contributed by atoms with Gasteiger partial charge in [0.25, 0.3) is 0 Å². The van der Waals surface area contributed by atoms with E-state index in [-0.39, 0.29) is 11.5 Å². The van der Waals surface area contributed by atoms with Crippen molar-refractivity contribution in [1.82, 2.24) is 4.98 Å². The lowest BCUT2D eigenvalue weighted by atomic mass is 10.0. The molecular weight excluding hydrogens is 402 g/mol. The maximum atomic E-state index is 11.8. The topological polar surface area (TPSA) is 63.7 Å². The van der Waals surface area contributed by atoms with Gasteiger partial charge in [-0.3, -0.25) is 0 Å². The Kier molecular flexibility index (Phi) is 5.21. The van der Waals surface area contributed by atoms with Crippen LogP contribution in [0.5, 0.6) is 5.75 Å². The maximum absolute atomic E-state index is 11.8. The first-order valence-electron chi connectivity index (χ1n) is 11.0. The lowest BCUT2D eigenvalue weighted by Gasteiger charge is -2.33. The third-order valence-electron chi connectivity index (χ3n) is 6.28. The van der Waals surface area contributed by atoms with Gasteiger partial charge in [-0.2, -0.15) is 0 Å². The van der Waals surface area contributed by atoms with Crippen LogP contribution in [0.3, 0.4) is 0 Å². The number of aryl methyl sites for hydroxylation is 1. The third kappa shape index (κ3) is 3.88. The van der Waals surface area contributed by atoms with Crippen molar-refractivity contribution in [3.63, 3.8) is 0 Å². The Balaban J connectivity index is 1.42. The van der Waals surface area contributed by atoms with E-state index in [0.29, 0.717) is 12.2 Å². The number of hydrogen-bond donors (Lipinski definition) is 1. The zero-order chi connectivity index (χ0) is 22.1. The highest BCUT2D eigenvalue weighted by Gasteiger charge is 2.45. The molecule has 0 bridgehead atoms. The van der Waals surface area contributed by atoms with Crippen LogP contribution >= 0.6 is 0 Å². The fourth-order valence-corrected chi connectivity index (χ4v) is 4.28. The number of ether oxygens (including phenoxy) is 2. The summed E-state index contributed by atoms with van der Waals surface area (Å²) in [5.41, 5.74) is 5.05. The quantitative estimate of drug-likeness (QED) is 0.574. The third-order valence-corrected chi connectivity index (χ3v) is 6.28. The molecule has 0 atom stereocenters. The number of benzene rings is 2. The van der Waals surface area contributed by atoms with Crippen molar-refractivity contribution in [3.8, 4) is 5.75 Å². The van der Waals surface area contributed by atoms with Crippen molar-refractivity contribution < 1.29 is 14.3 Å². The summed E-state index contributed by atoms with van der Waals surface area (Å²) in [7, 11) is 1.40. The first-order valence-corrected chi connectivity index (χ1v) is 11.0. The zero-order valence-electron chi connectivity index (χ0n) is 18.4. The van der Waals surface area contributed by atoms with E-state index < -0.39 is 0 Å². The molecular formula is C26H27N3O3. The van der Waals surface area contributed by atoms with Gasteiger partial charge >= 0.3 is 5.97 Å². The second-order valence-electron chi connectivity index (χ2n) is 8.54. The summed E-state index contributed by atoms with van der Waals surface area (Å²) in [5.74, 6) is 1.37. The molecule has 0 radical (unpaired) electrons. The summed E-state index contributed by atoms with van der Waals surface area (Å²) in [6.07, 6.45) is 3.82. The average molecular weight is 430 g/mol. The van der Waals surface area contributed by atoms with E-state index >= 15 is 0 Å². The summed E-state index contributed by atoms with van der Waals surface area (Å²) in [5, 5.41) is 3.71. The fraction of sp³-hybridized carbons (Fsp3) is 0.308. The van der Waals surface area contributed by atoms with E-state index in [1.54, 1.807) is 6.20 Å². The van der Waals surface area contributed by atoms with Gasteiger partial charge in [-0.25, -0.2) is 9.78 Å². The molecule has 2 aliphatic rings. The van der Waals surface area contributed by atoms with Crippen molar-refractivity contribution >= 4 is 17.5 Å². The Bertz CT molecular complexity index is 1120. The molecule has 0 saturated heterocycles. The molecule has 164 valence electrons. The number of methoxy groups -OCH3 is 1. The highest BCUT2D eigenvalue weighted by molar-refractivity contribution is 5.89. The molecule has 1 aliphatic heterocycles. The van der Waals surface area contributed by atoms with Crippen LogP contribution in [-0.4, -0.2) is 31.2 Å². The van der Waals surface area contributed by atoms with E-state index in [1.165, 1.54) is 18.2 Å². The maximum Gasteiger partial charge on any atom is 0.337 e. The standard InChI is InChI=1S/C26H27N3O3/c1-18-3-5-19(6-4-18)17-29-15-16-32-22-11-14-27-24(23(22)29)28-26(12-13-26)21-9-7-20(8-10-21)25(30)31-2/h3-11,14H,12-13,15-17H2,1-2H3,(H,27,28). The molecule has 2 aromatic carbocycles. The largest absolute Gasteiger partial charge is 0.489 e. The molecule has 1 aromatic heterocycles.